The third-order valence-electron chi connectivity index (χ3n) is 2.63. The quantitative estimate of drug-likeness (QED) is 0.599. The SMILES string of the molecule is Cc1nc([N+](=O)[O-])cn1CCc1ccccc1. The molecule has 0 N–H and O–H groups in total. The van der Waals surface area contributed by atoms with Crippen LogP contribution in [-0.4, -0.2) is 14.5 Å². The van der Waals surface area contributed by atoms with Gasteiger partial charge in [0, 0.05) is 13.5 Å². The summed E-state index contributed by atoms with van der Waals surface area (Å²) in [4.78, 5) is 14.0. The van der Waals surface area contributed by atoms with Crippen molar-refractivity contribution in [2.75, 3.05) is 0 Å². The third kappa shape index (κ3) is 2.69. The molecule has 5 heteroatoms. The average molecular weight is 231 g/mol. The fourth-order valence-electron chi connectivity index (χ4n) is 1.70. The maximum absolute atomic E-state index is 10.6. The van der Waals surface area contributed by atoms with Crippen LogP contribution in [0.1, 0.15) is 11.4 Å². The maximum Gasteiger partial charge on any atom is 0.381 e. The normalized spacial score (nSPS) is 10.4. The predicted molar refractivity (Wildman–Crippen MR) is 63.8 cm³/mol. The standard InChI is InChI=1S/C12H13N3O2/c1-10-13-12(15(16)17)9-14(10)8-7-11-5-3-2-4-6-11/h2-6,9H,7-8H2,1H3. The fourth-order valence-corrected chi connectivity index (χ4v) is 1.70. The Labute approximate surface area is 98.9 Å². The summed E-state index contributed by atoms with van der Waals surface area (Å²) in [6, 6.07) is 10.0. The van der Waals surface area contributed by atoms with E-state index >= 15 is 0 Å². The minimum atomic E-state index is -0.466. The average Bonchev–Trinajstić information content (AvgIpc) is 2.70. The second kappa shape index (κ2) is 4.78. The number of imidazole rings is 1. The van der Waals surface area contributed by atoms with Gasteiger partial charge < -0.3 is 14.7 Å². The summed E-state index contributed by atoms with van der Waals surface area (Å²) in [5.74, 6) is 0.586. The Morgan fingerprint density at radius 3 is 2.65 bits per heavy atom. The lowest BCUT2D eigenvalue weighted by molar-refractivity contribution is -0.389. The van der Waals surface area contributed by atoms with Gasteiger partial charge in [0.15, 0.2) is 0 Å². The Balaban J connectivity index is 2.07. The fraction of sp³-hybridized carbons (Fsp3) is 0.250. The molecule has 0 aliphatic heterocycles. The van der Waals surface area contributed by atoms with Gasteiger partial charge in [-0.05, 0) is 21.9 Å². The summed E-state index contributed by atoms with van der Waals surface area (Å²) >= 11 is 0. The van der Waals surface area contributed by atoms with Crippen molar-refractivity contribution in [3.63, 3.8) is 0 Å². The number of rotatable bonds is 4. The number of aromatic nitrogens is 2. The molecule has 0 radical (unpaired) electrons. The van der Waals surface area contributed by atoms with Gasteiger partial charge in [-0.1, -0.05) is 30.3 Å². The first-order valence-corrected chi connectivity index (χ1v) is 5.39. The van der Waals surface area contributed by atoms with E-state index in [4.69, 9.17) is 0 Å². The molecule has 0 aliphatic carbocycles. The highest BCUT2D eigenvalue weighted by Crippen LogP contribution is 2.11. The van der Waals surface area contributed by atoms with Crippen LogP contribution in [0.2, 0.25) is 0 Å². The second-order valence-corrected chi connectivity index (χ2v) is 3.83. The number of aryl methyl sites for hydroxylation is 3. The Hall–Kier alpha value is -2.17. The highest BCUT2D eigenvalue weighted by molar-refractivity contribution is 5.18. The molecule has 1 heterocycles. The van der Waals surface area contributed by atoms with Crippen molar-refractivity contribution in [3.8, 4) is 0 Å². The van der Waals surface area contributed by atoms with Gasteiger partial charge in [0.1, 0.15) is 6.20 Å². The Morgan fingerprint density at radius 2 is 2.06 bits per heavy atom. The molecule has 0 spiro atoms. The zero-order chi connectivity index (χ0) is 12.3. The zero-order valence-corrected chi connectivity index (χ0v) is 9.54. The van der Waals surface area contributed by atoms with E-state index < -0.39 is 4.92 Å². The first-order chi connectivity index (χ1) is 8.16. The number of benzene rings is 1. The van der Waals surface area contributed by atoms with Crippen molar-refractivity contribution < 1.29 is 4.92 Å². The smallest absolute Gasteiger partial charge is 0.358 e. The van der Waals surface area contributed by atoms with E-state index in [2.05, 4.69) is 4.98 Å². The summed E-state index contributed by atoms with van der Waals surface area (Å²) in [7, 11) is 0. The van der Waals surface area contributed by atoms with E-state index in [1.807, 2.05) is 34.9 Å². The number of hydrogen-bond acceptors (Lipinski definition) is 3. The first kappa shape index (κ1) is 11.3. The van der Waals surface area contributed by atoms with Crippen LogP contribution in [0.15, 0.2) is 36.5 Å². The number of nitrogens with zero attached hydrogens (tertiary/aromatic N) is 3. The lowest BCUT2D eigenvalue weighted by atomic mass is 10.1. The maximum atomic E-state index is 10.6. The molecule has 0 saturated heterocycles. The van der Waals surface area contributed by atoms with Gasteiger partial charge in [-0.3, -0.25) is 0 Å². The lowest BCUT2D eigenvalue weighted by Gasteiger charge is -2.02. The van der Waals surface area contributed by atoms with Crippen LogP contribution in [0.3, 0.4) is 0 Å². The van der Waals surface area contributed by atoms with Gasteiger partial charge in [0.2, 0.25) is 5.82 Å². The molecule has 0 atom stereocenters. The highest BCUT2D eigenvalue weighted by atomic mass is 16.6. The van der Waals surface area contributed by atoms with Gasteiger partial charge in [0.25, 0.3) is 0 Å². The van der Waals surface area contributed by atoms with Crippen LogP contribution in [0, 0.1) is 17.0 Å². The zero-order valence-electron chi connectivity index (χ0n) is 9.54. The van der Waals surface area contributed by atoms with Crippen molar-refractivity contribution in [2.24, 2.45) is 0 Å². The summed E-state index contributed by atoms with van der Waals surface area (Å²) in [5.41, 5.74) is 1.21. The van der Waals surface area contributed by atoms with E-state index in [9.17, 15) is 10.1 Å². The molecule has 5 nitrogen and oxygen atoms in total. The van der Waals surface area contributed by atoms with E-state index in [1.54, 1.807) is 6.92 Å². The molecular formula is C12H13N3O2. The van der Waals surface area contributed by atoms with Gasteiger partial charge in [0.05, 0.1) is 0 Å². The molecule has 17 heavy (non-hydrogen) atoms. The van der Waals surface area contributed by atoms with Crippen LogP contribution in [0.25, 0.3) is 0 Å². The van der Waals surface area contributed by atoms with Gasteiger partial charge >= 0.3 is 5.82 Å². The van der Waals surface area contributed by atoms with Gasteiger partial charge in [-0.15, -0.1) is 0 Å². The Kier molecular flexibility index (Phi) is 3.18. The molecule has 0 amide bonds. The predicted octanol–water partition coefficient (Wildman–Crippen LogP) is 2.34. The van der Waals surface area contributed by atoms with Crippen LogP contribution in [0.5, 0.6) is 0 Å². The minimum Gasteiger partial charge on any atom is -0.358 e. The largest absolute Gasteiger partial charge is 0.381 e. The minimum absolute atomic E-state index is 0.0874. The first-order valence-electron chi connectivity index (χ1n) is 5.39. The molecule has 0 unspecified atom stereocenters. The van der Waals surface area contributed by atoms with Crippen LogP contribution in [-0.2, 0) is 13.0 Å². The van der Waals surface area contributed by atoms with Crippen LogP contribution >= 0.6 is 0 Å². The Bertz CT molecular complexity index is 520. The molecule has 1 aromatic carbocycles. The molecule has 2 rings (SSSR count). The number of hydrogen-bond donors (Lipinski definition) is 0. The third-order valence-corrected chi connectivity index (χ3v) is 2.63. The summed E-state index contributed by atoms with van der Waals surface area (Å²) in [6.07, 6.45) is 2.33. The van der Waals surface area contributed by atoms with E-state index in [0.29, 0.717) is 12.4 Å². The van der Waals surface area contributed by atoms with Gasteiger partial charge in [-0.25, -0.2) is 0 Å². The monoisotopic (exact) mass is 231 g/mol. The summed E-state index contributed by atoms with van der Waals surface area (Å²) in [5, 5.41) is 10.6. The molecule has 0 fully saturated rings. The molecule has 0 saturated carbocycles. The second-order valence-electron chi connectivity index (χ2n) is 3.83. The summed E-state index contributed by atoms with van der Waals surface area (Å²) < 4.78 is 1.81. The van der Waals surface area contributed by atoms with E-state index in [-0.39, 0.29) is 5.82 Å². The van der Waals surface area contributed by atoms with E-state index in [0.717, 1.165) is 6.42 Å². The van der Waals surface area contributed by atoms with E-state index in [1.165, 1.54) is 11.8 Å². The van der Waals surface area contributed by atoms with Crippen LogP contribution < -0.4 is 0 Å². The van der Waals surface area contributed by atoms with Gasteiger partial charge in [-0.2, -0.15) is 0 Å². The van der Waals surface area contributed by atoms with Crippen molar-refractivity contribution in [3.05, 3.63) is 58.0 Å². The highest BCUT2D eigenvalue weighted by Gasteiger charge is 2.14. The molecule has 0 bridgehead atoms. The molecule has 2 aromatic rings. The van der Waals surface area contributed by atoms with Crippen molar-refractivity contribution >= 4 is 5.82 Å². The molecule has 0 aliphatic rings. The topological polar surface area (TPSA) is 61.0 Å². The lowest BCUT2D eigenvalue weighted by Crippen LogP contribution is -2.02. The Morgan fingerprint density at radius 1 is 1.35 bits per heavy atom. The number of nitro groups is 1. The van der Waals surface area contributed by atoms with Crippen molar-refractivity contribution in [1.82, 2.24) is 9.55 Å². The van der Waals surface area contributed by atoms with Crippen molar-refractivity contribution in [2.45, 2.75) is 19.9 Å². The molecule has 88 valence electrons. The summed E-state index contributed by atoms with van der Waals surface area (Å²) in [6.45, 7) is 2.48. The molecular weight excluding hydrogens is 218 g/mol. The van der Waals surface area contributed by atoms with Crippen LogP contribution in [0.4, 0.5) is 5.82 Å². The molecule has 1 aromatic heterocycles. The van der Waals surface area contributed by atoms with Crippen molar-refractivity contribution in [1.29, 1.82) is 0 Å².